The van der Waals surface area contributed by atoms with Crippen molar-refractivity contribution in [3.8, 4) is 11.4 Å². The summed E-state index contributed by atoms with van der Waals surface area (Å²) in [7, 11) is 0. The van der Waals surface area contributed by atoms with Crippen LogP contribution in [0.15, 0.2) is 30.3 Å². The van der Waals surface area contributed by atoms with Gasteiger partial charge in [0, 0.05) is 18.5 Å². The van der Waals surface area contributed by atoms with E-state index in [-0.39, 0.29) is 6.54 Å². The molecule has 1 unspecified atom stereocenters. The molecule has 3 rings (SSSR count). The Labute approximate surface area is 119 Å². The molecule has 0 saturated carbocycles. The van der Waals surface area contributed by atoms with Gasteiger partial charge in [-0.25, -0.2) is 0 Å². The van der Waals surface area contributed by atoms with Crippen LogP contribution in [0.2, 0.25) is 0 Å². The van der Waals surface area contributed by atoms with Crippen molar-refractivity contribution >= 4 is 16.3 Å². The van der Waals surface area contributed by atoms with E-state index < -0.39 is 5.60 Å². The second-order valence-corrected chi connectivity index (χ2v) is 6.00. The number of hydrogen-bond donors (Lipinski definition) is 2. The number of benzene rings is 1. The lowest BCUT2D eigenvalue weighted by Gasteiger charge is -2.18. The van der Waals surface area contributed by atoms with Gasteiger partial charge in [-0.15, -0.1) is 10.2 Å². The molecule has 0 aliphatic heterocycles. The van der Waals surface area contributed by atoms with Crippen LogP contribution in [0.4, 0.5) is 0 Å². The Hall–Kier alpha value is -1.83. The fourth-order valence-electron chi connectivity index (χ4n) is 1.89. The van der Waals surface area contributed by atoms with E-state index in [9.17, 15) is 5.11 Å². The molecule has 0 bridgehead atoms. The molecule has 0 aliphatic carbocycles. The van der Waals surface area contributed by atoms with Crippen LogP contribution >= 0.6 is 11.3 Å². The molecule has 3 N–H and O–H groups in total. The molecule has 2 heterocycles. The minimum Gasteiger partial charge on any atom is -0.388 e. The maximum atomic E-state index is 10.0. The van der Waals surface area contributed by atoms with E-state index in [4.69, 9.17) is 5.73 Å². The molecule has 0 saturated heterocycles. The summed E-state index contributed by atoms with van der Waals surface area (Å²) in [6.07, 6.45) is 0.408. The second-order valence-electron chi connectivity index (χ2n) is 4.96. The van der Waals surface area contributed by atoms with Gasteiger partial charge in [-0.3, -0.25) is 0 Å². The molecule has 2 aromatic heterocycles. The number of nitrogens with two attached hydrogens (primary N) is 1. The Bertz CT molecular complexity index is 719. The highest BCUT2D eigenvalue weighted by Gasteiger charge is 2.22. The highest BCUT2D eigenvalue weighted by atomic mass is 32.1. The summed E-state index contributed by atoms with van der Waals surface area (Å²) in [5, 5.41) is 23.6. The van der Waals surface area contributed by atoms with Gasteiger partial charge in [-0.2, -0.15) is 9.61 Å². The fraction of sp³-hybridized carbons (Fsp3) is 0.308. The highest BCUT2D eigenvalue weighted by molar-refractivity contribution is 7.16. The molecule has 0 spiro atoms. The topological polar surface area (TPSA) is 89.3 Å². The number of rotatable bonds is 4. The lowest BCUT2D eigenvalue weighted by atomic mass is 10.0. The zero-order valence-electron chi connectivity index (χ0n) is 11.0. The van der Waals surface area contributed by atoms with E-state index >= 15 is 0 Å². The molecular formula is C13H15N5OS. The van der Waals surface area contributed by atoms with Gasteiger partial charge in [0.1, 0.15) is 5.01 Å². The van der Waals surface area contributed by atoms with Crippen molar-refractivity contribution in [2.45, 2.75) is 18.9 Å². The van der Waals surface area contributed by atoms with E-state index in [1.807, 2.05) is 30.3 Å². The smallest absolute Gasteiger partial charge is 0.234 e. The fourth-order valence-corrected chi connectivity index (χ4v) is 2.90. The average molecular weight is 289 g/mol. The molecular weight excluding hydrogens is 274 g/mol. The van der Waals surface area contributed by atoms with Crippen LogP contribution in [-0.2, 0) is 6.42 Å². The Kier molecular flexibility index (Phi) is 3.25. The molecule has 0 amide bonds. The predicted molar refractivity (Wildman–Crippen MR) is 77.5 cm³/mol. The molecule has 104 valence electrons. The van der Waals surface area contributed by atoms with Crippen molar-refractivity contribution in [3.05, 3.63) is 35.3 Å². The van der Waals surface area contributed by atoms with Crippen molar-refractivity contribution in [1.82, 2.24) is 19.8 Å². The molecule has 6 nitrogen and oxygen atoms in total. The van der Waals surface area contributed by atoms with Gasteiger partial charge in [0.15, 0.2) is 5.82 Å². The third-order valence-corrected chi connectivity index (χ3v) is 3.94. The molecule has 1 atom stereocenters. The summed E-state index contributed by atoms with van der Waals surface area (Å²) in [6.45, 7) is 1.90. The Morgan fingerprint density at radius 1 is 1.30 bits per heavy atom. The normalized spacial score (nSPS) is 14.6. The van der Waals surface area contributed by atoms with Crippen molar-refractivity contribution in [2.75, 3.05) is 6.54 Å². The zero-order chi connectivity index (χ0) is 14.2. The Morgan fingerprint density at radius 2 is 2.05 bits per heavy atom. The van der Waals surface area contributed by atoms with Crippen molar-refractivity contribution < 1.29 is 5.11 Å². The molecule has 7 heteroatoms. The predicted octanol–water partition coefficient (Wildman–Crippen LogP) is 1.10. The van der Waals surface area contributed by atoms with Gasteiger partial charge in [-0.05, 0) is 6.92 Å². The summed E-state index contributed by atoms with van der Waals surface area (Å²) in [5.74, 6) is 0.704. The van der Waals surface area contributed by atoms with E-state index in [1.54, 1.807) is 11.4 Å². The summed E-state index contributed by atoms with van der Waals surface area (Å²) in [5.41, 5.74) is 5.55. The number of aliphatic hydroxyl groups is 1. The summed E-state index contributed by atoms with van der Waals surface area (Å²) in [6, 6.07) is 9.77. The summed E-state index contributed by atoms with van der Waals surface area (Å²) in [4.78, 5) is 0.715. The largest absolute Gasteiger partial charge is 0.388 e. The van der Waals surface area contributed by atoms with Gasteiger partial charge in [0.05, 0.1) is 5.60 Å². The van der Waals surface area contributed by atoms with Crippen LogP contribution in [-0.4, -0.2) is 37.1 Å². The van der Waals surface area contributed by atoms with E-state index in [0.717, 1.165) is 10.6 Å². The molecule has 0 fully saturated rings. The average Bonchev–Trinajstić information content (AvgIpc) is 2.99. The van der Waals surface area contributed by atoms with Gasteiger partial charge in [0.25, 0.3) is 0 Å². The van der Waals surface area contributed by atoms with Crippen LogP contribution in [0, 0.1) is 0 Å². The van der Waals surface area contributed by atoms with Crippen molar-refractivity contribution in [2.24, 2.45) is 5.73 Å². The maximum absolute atomic E-state index is 10.0. The first-order chi connectivity index (χ1) is 9.59. The van der Waals surface area contributed by atoms with Crippen molar-refractivity contribution in [3.63, 3.8) is 0 Å². The van der Waals surface area contributed by atoms with Crippen LogP contribution < -0.4 is 5.73 Å². The summed E-state index contributed by atoms with van der Waals surface area (Å²) < 4.78 is 1.71. The van der Waals surface area contributed by atoms with Gasteiger partial charge < -0.3 is 10.8 Å². The number of hydrogen-bond acceptors (Lipinski definition) is 6. The molecule has 0 aliphatic rings. The number of nitrogens with zero attached hydrogens (tertiary/aromatic N) is 4. The first-order valence-corrected chi connectivity index (χ1v) is 7.10. The maximum Gasteiger partial charge on any atom is 0.234 e. The van der Waals surface area contributed by atoms with Crippen LogP contribution in [0.3, 0.4) is 0 Å². The molecule has 20 heavy (non-hydrogen) atoms. The Balaban J connectivity index is 1.99. The lowest BCUT2D eigenvalue weighted by Crippen LogP contribution is -2.36. The van der Waals surface area contributed by atoms with E-state index in [2.05, 4.69) is 15.3 Å². The Morgan fingerprint density at radius 3 is 2.75 bits per heavy atom. The first kappa shape index (κ1) is 13.2. The monoisotopic (exact) mass is 289 g/mol. The van der Waals surface area contributed by atoms with Gasteiger partial charge >= 0.3 is 0 Å². The van der Waals surface area contributed by atoms with Crippen LogP contribution in [0.25, 0.3) is 16.3 Å². The third-order valence-electron chi connectivity index (χ3n) is 3.04. The van der Waals surface area contributed by atoms with Gasteiger partial charge in [-0.1, -0.05) is 41.7 Å². The molecule has 3 aromatic rings. The molecule has 0 radical (unpaired) electrons. The minimum absolute atomic E-state index is 0.193. The molecule has 1 aromatic carbocycles. The summed E-state index contributed by atoms with van der Waals surface area (Å²) >= 11 is 1.42. The SMILES string of the molecule is CC(O)(CN)Cc1nn2c(-c3ccccc3)nnc2s1. The standard InChI is InChI=1S/C13H15N5OS/c1-13(19,8-14)7-10-17-18-11(15-16-12(18)20-10)9-5-3-2-4-6-9/h2-6,19H,7-8,14H2,1H3. The third kappa shape index (κ3) is 2.43. The van der Waals surface area contributed by atoms with Gasteiger partial charge in [0.2, 0.25) is 4.96 Å². The van der Waals surface area contributed by atoms with Crippen molar-refractivity contribution in [1.29, 1.82) is 0 Å². The number of aromatic nitrogens is 4. The first-order valence-electron chi connectivity index (χ1n) is 6.28. The zero-order valence-corrected chi connectivity index (χ0v) is 11.8. The van der Waals surface area contributed by atoms with Crippen LogP contribution in [0.1, 0.15) is 11.9 Å². The van der Waals surface area contributed by atoms with Crippen LogP contribution in [0.5, 0.6) is 0 Å². The second kappa shape index (κ2) is 4.93. The van der Waals surface area contributed by atoms with E-state index in [1.165, 1.54) is 11.3 Å². The van der Waals surface area contributed by atoms with E-state index in [0.29, 0.717) is 17.2 Å². The quantitative estimate of drug-likeness (QED) is 0.751. The highest BCUT2D eigenvalue weighted by Crippen LogP contribution is 2.23. The minimum atomic E-state index is -0.948. The lowest BCUT2D eigenvalue weighted by molar-refractivity contribution is 0.0694. The number of fused-ring (bicyclic) bond motifs is 1.